The number of nitrogens with zero attached hydrogens (tertiary/aromatic N) is 3. The van der Waals surface area contributed by atoms with Crippen LogP contribution >= 0.6 is 11.6 Å². The molecule has 5 rings (SSSR count). The minimum absolute atomic E-state index is 0.0976. The first kappa shape index (κ1) is 19.6. The van der Waals surface area contributed by atoms with Gasteiger partial charge in [0.15, 0.2) is 5.69 Å². The van der Waals surface area contributed by atoms with Crippen molar-refractivity contribution in [2.75, 3.05) is 13.1 Å². The zero-order valence-electron chi connectivity index (χ0n) is 16.9. The number of halogens is 1. The second-order valence-electron chi connectivity index (χ2n) is 8.89. The summed E-state index contributed by atoms with van der Waals surface area (Å²) in [6, 6.07) is 7.69. The van der Waals surface area contributed by atoms with E-state index in [0.717, 1.165) is 44.1 Å². The third-order valence-corrected chi connectivity index (χ3v) is 7.08. The Kier molecular flexibility index (Phi) is 5.05. The zero-order chi connectivity index (χ0) is 20.8. The topological polar surface area (TPSA) is 75.4 Å². The number of carbonyl (C=O) groups is 1. The molecule has 2 aromatic rings. The van der Waals surface area contributed by atoms with Crippen LogP contribution in [0.2, 0.25) is 5.02 Å². The lowest BCUT2D eigenvalue weighted by Crippen LogP contribution is -2.44. The Bertz CT molecular complexity index is 1020. The van der Waals surface area contributed by atoms with E-state index in [2.05, 4.69) is 4.98 Å². The van der Waals surface area contributed by atoms with Gasteiger partial charge in [0.2, 0.25) is 5.75 Å². The molecule has 30 heavy (non-hydrogen) atoms. The average molecular weight is 428 g/mol. The quantitative estimate of drug-likeness (QED) is 0.787. The van der Waals surface area contributed by atoms with Gasteiger partial charge in [-0.15, -0.1) is 0 Å². The van der Waals surface area contributed by atoms with Crippen LogP contribution in [-0.4, -0.2) is 38.6 Å². The first-order chi connectivity index (χ1) is 14.5. The fraction of sp³-hybridized carbons (Fsp3) is 0.522. The van der Waals surface area contributed by atoms with Crippen molar-refractivity contribution in [2.24, 2.45) is 11.8 Å². The molecule has 0 saturated heterocycles. The van der Waals surface area contributed by atoms with Gasteiger partial charge >= 0.3 is 5.56 Å². The van der Waals surface area contributed by atoms with Crippen LogP contribution in [0, 0.1) is 11.8 Å². The smallest absolute Gasteiger partial charge is 0.315 e. The molecule has 1 unspecified atom stereocenters. The molecule has 1 N–H and O–H groups in total. The Morgan fingerprint density at radius 2 is 1.77 bits per heavy atom. The highest BCUT2D eigenvalue weighted by atomic mass is 35.5. The molecule has 0 radical (unpaired) electrons. The molecule has 2 saturated carbocycles. The number of carbonyl (C=O) groups excluding carboxylic acids is 1. The SMILES string of the molecule is O=C1c2c(O)c(=O)nc(C(c3ccc(Cl)cc3)C3CCCC3)n2CCN1CC1CC1. The van der Waals surface area contributed by atoms with Crippen molar-refractivity contribution < 1.29 is 9.90 Å². The molecule has 158 valence electrons. The predicted molar refractivity (Wildman–Crippen MR) is 114 cm³/mol. The Morgan fingerprint density at radius 1 is 1.07 bits per heavy atom. The summed E-state index contributed by atoms with van der Waals surface area (Å²) in [6.45, 7) is 1.82. The second-order valence-corrected chi connectivity index (χ2v) is 9.33. The van der Waals surface area contributed by atoms with Crippen LogP contribution in [0.5, 0.6) is 5.75 Å². The van der Waals surface area contributed by atoms with Gasteiger partial charge in [-0.3, -0.25) is 9.59 Å². The van der Waals surface area contributed by atoms with Gasteiger partial charge in [0.05, 0.1) is 0 Å². The lowest BCUT2D eigenvalue weighted by molar-refractivity contribution is 0.0683. The average Bonchev–Trinajstić information content (AvgIpc) is 3.39. The maximum absolute atomic E-state index is 13.2. The summed E-state index contributed by atoms with van der Waals surface area (Å²) >= 11 is 6.11. The van der Waals surface area contributed by atoms with Crippen LogP contribution in [0.15, 0.2) is 29.1 Å². The van der Waals surface area contributed by atoms with Gasteiger partial charge in [0, 0.05) is 30.6 Å². The number of aromatic hydroxyl groups is 1. The fourth-order valence-electron chi connectivity index (χ4n) is 5.09. The number of amides is 1. The standard InChI is InChI=1S/C23H26ClN3O3/c24-17-9-7-16(8-10-17)18(15-3-1-2-4-15)21-25-22(29)20(28)19-23(30)26(11-12-27(19)21)13-14-5-6-14/h7-10,14-15,18,28H,1-6,11-13H2. The highest BCUT2D eigenvalue weighted by Crippen LogP contribution is 2.42. The lowest BCUT2D eigenvalue weighted by atomic mass is 9.83. The van der Waals surface area contributed by atoms with E-state index in [9.17, 15) is 14.7 Å². The van der Waals surface area contributed by atoms with Crippen molar-refractivity contribution in [1.29, 1.82) is 0 Å². The van der Waals surface area contributed by atoms with Gasteiger partial charge in [-0.25, -0.2) is 0 Å². The van der Waals surface area contributed by atoms with E-state index in [1.807, 2.05) is 24.3 Å². The van der Waals surface area contributed by atoms with Crippen molar-refractivity contribution >= 4 is 17.5 Å². The number of fused-ring (bicyclic) bond motifs is 1. The summed E-state index contributed by atoms with van der Waals surface area (Å²) in [4.78, 5) is 31.9. The summed E-state index contributed by atoms with van der Waals surface area (Å²) in [7, 11) is 0. The Balaban J connectivity index is 1.62. The van der Waals surface area contributed by atoms with E-state index in [4.69, 9.17) is 11.6 Å². The molecule has 7 heteroatoms. The van der Waals surface area contributed by atoms with Gasteiger partial charge in [-0.2, -0.15) is 4.98 Å². The van der Waals surface area contributed by atoms with Crippen molar-refractivity contribution in [1.82, 2.24) is 14.5 Å². The highest BCUT2D eigenvalue weighted by Gasteiger charge is 2.38. The van der Waals surface area contributed by atoms with E-state index in [0.29, 0.717) is 42.3 Å². The molecule has 1 aliphatic heterocycles. The lowest BCUT2D eigenvalue weighted by Gasteiger charge is -2.34. The minimum atomic E-state index is -0.713. The zero-order valence-corrected chi connectivity index (χ0v) is 17.6. The van der Waals surface area contributed by atoms with Crippen molar-refractivity contribution in [2.45, 2.75) is 51.0 Å². The normalized spacial score (nSPS) is 20.4. The molecule has 2 fully saturated rings. The number of benzene rings is 1. The molecule has 6 nitrogen and oxygen atoms in total. The molecule has 1 atom stereocenters. The largest absolute Gasteiger partial charge is 0.501 e. The summed E-state index contributed by atoms with van der Waals surface area (Å²) in [6.07, 6.45) is 6.70. The molecule has 1 aromatic carbocycles. The third-order valence-electron chi connectivity index (χ3n) is 6.83. The van der Waals surface area contributed by atoms with E-state index < -0.39 is 11.3 Å². The maximum atomic E-state index is 13.2. The van der Waals surface area contributed by atoms with E-state index in [-0.39, 0.29) is 17.5 Å². The molecule has 1 aromatic heterocycles. The van der Waals surface area contributed by atoms with Gasteiger partial charge in [0.25, 0.3) is 5.91 Å². The minimum Gasteiger partial charge on any atom is -0.501 e. The van der Waals surface area contributed by atoms with E-state index >= 15 is 0 Å². The molecule has 0 bridgehead atoms. The fourth-order valence-corrected chi connectivity index (χ4v) is 5.22. The number of hydrogen-bond acceptors (Lipinski definition) is 4. The van der Waals surface area contributed by atoms with Crippen molar-refractivity contribution in [3.05, 3.63) is 56.7 Å². The summed E-state index contributed by atoms with van der Waals surface area (Å²) in [5, 5.41) is 11.2. The first-order valence-electron chi connectivity index (χ1n) is 10.9. The van der Waals surface area contributed by atoms with Crippen LogP contribution in [0.1, 0.15) is 66.3 Å². The molecule has 3 aliphatic rings. The van der Waals surface area contributed by atoms with E-state index in [1.54, 1.807) is 9.47 Å². The molecule has 2 aliphatic carbocycles. The van der Waals surface area contributed by atoms with Gasteiger partial charge in [-0.1, -0.05) is 36.6 Å². The molecule has 0 spiro atoms. The number of aromatic nitrogens is 2. The highest BCUT2D eigenvalue weighted by molar-refractivity contribution is 6.30. The number of hydrogen-bond donors (Lipinski definition) is 1. The predicted octanol–water partition coefficient (Wildman–Crippen LogP) is 3.79. The Labute approximate surface area is 180 Å². The van der Waals surface area contributed by atoms with Crippen LogP contribution < -0.4 is 5.56 Å². The molecule has 1 amide bonds. The summed E-state index contributed by atoms with van der Waals surface area (Å²) < 4.78 is 1.81. The molecule has 2 heterocycles. The number of rotatable bonds is 5. The monoisotopic (exact) mass is 427 g/mol. The first-order valence-corrected chi connectivity index (χ1v) is 11.3. The van der Waals surface area contributed by atoms with Gasteiger partial charge < -0.3 is 14.6 Å². The van der Waals surface area contributed by atoms with E-state index in [1.165, 1.54) is 0 Å². The Morgan fingerprint density at radius 3 is 2.43 bits per heavy atom. The maximum Gasteiger partial charge on any atom is 0.315 e. The Hall–Kier alpha value is -2.34. The second kappa shape index (κ2) is 7.73. The summed E-state index contributed by atoms with van der Waals surface area (Å²) in [5.41, 5.74) is 0.440. The van der Waals surface area contributed by atoms with Crippen LogP contribution in [0.4, 0.5) is 0 Å². The molecular weight excluding hydrogens is 402 g/mol. The van der Waals surface area contributed by atoms with Gasteiger partial charge in [0.1, 0.15) is 5.82 Å². The third kappa shape index (κ3) is 3.51. The van der Waals surface area contributed by atoms with Crippen LogP contribution in [-0.2, 0) is 6.54 Å². The van der Waals surface area contributed by atoms with Crippen LogP contribution in [0.3, 0.4) is 0 Å². The summed E-state index contributed by atoms with van der Waals surface area (Å²) in [5.74, 6) is 0.619. The van der Waals surface area contributed by atoms with Crippen molar-refractivity contribution in [3.8, 4) is 5.75 Å². The van der Waals surface area contributed by atoms with Gasteiger partial charge in [-0.05, 0) is 55.2 Å². The van der Waals surface area contributed by atoms with Crippen molar-refractivity contribution in [3.63, 3.8) is 0 Å². The van der Waals surface area contributed by atoms with Crippen LogP contribution in [0.25, 0.3) is 0 Å². The molecular formula is C23H26ClN3O3.